The van der Waals surface area contributed by atoms with E-state index in [2.05, 4.69) is 63.4 Å². The number of unbranched alkanes of at least 4 members (excludes halogenated alkanes) is 1. The zero-order valence-electron chi connectivity index (χ0n) is 17.3. The molecule has 0 heterocycles. The number of hydrogen-bond acceptors (Lipinski definition) is 2. The fraction of sp³-hybridized carbons (Fsp3) is 0.478. The van der Waals surface area contributed by atoms with Crippen molar-refractivity contribution in [3.05, 3.63) is 65.8 Å². The third-order valence-corrected chi connectivity index (χ3v) is 3.96. The Morgan fingerprint density at radius 2 is 1.68 bits per heavy atom. The lowest BCUT2D eigenvalue weighted by Gasteiger charge is -2.14. The minimum absolute atomic E-state index is 0.294. The largest absolute Gasteiger partial charge is 0.333 e. The molecule has 0 spiro atoms. The maximum atomic E-state index is 6.16. The van der Waals surface area contributed by atoms with E-state index in [0.29, 0.717) is 6.04 Å². The summed E-state index contributed by atoms with van der Waals surface area (Å²) >= 11 is 0. The number of aryl methyl sites for hydroxylation is 1. The van der Waals surface area contributed by atoms with Crippen LogP contribution < -0.4 is 11.5 Å². The van der Waals surface area contributed by atoms with E-state index in [1.165, 1.54) is 42.2 Å². The van der Waals surface area contributed by atoms with E-state index >= 15 is 0 Å². The first-order valence-corrected chi connectivity index (χ1v) is 9.29. The van der Waals surface area contributed by atoms with Crippen molar-refractivity contribution in [3.8, 4) is 0 Å². The van der Waals surface area contributed by atoms with Crippen molar-refractivity contribution in [1.82, 2.24) is 0 Å². The molecule has 2 nitrogen and oxygen atoms in total. The van der Waals surface area contributed by atoms with Gasteiger partial charge in [0, 0.05) is 6.04 Å². The van der Waals surface area contributed by atoms with Crippen molar-refractivity contribution < 1.29 is 0 Å². The summed E-state index contributed by atoms with van der Waals surface area (Å²) in [5.74, 6) is 0. The molecule has 2 heteroatoms. The van der Waals surface area contributed by atoms with Gasteiger partial charge in [0.2, 0.25) is 0 Å². The Bertz CT molecular complexity index is 495. The Labute approximate surface area is 156 Å². The van der Waals surface area contributed by atoms with Gasteiger partial charge in [-0.15, -0.1) is 0 Å². The third kappa shape index (κ3) is 13.3. The molecule has 0 bridgehead atoms. The molecule has 1 aromatic rings. The van der Waals surface area contributed by atoms with E-state index in [-0.39, 0.29) is 0 Å². The van der Waals surface area contributed by atoms with E-state index in [4.69, 9.17) is 5.73 Å². The zero-order valence-corrected chi connectivity index (χ0v) is 17.3. The van der Waals surface area contributed by atoms with Gasteiger partial charge in [-0.3, -0.25) is 0 Å². The zero-order chi connectivity index (χ0) is 19.7. The highest BCUT2D eigenvalue weighted by Crippen LogP contribution is 2.21. The van der Waals surface area contributed by atoms with E-state index in [9.17, 15) is 0 Å². The summed E-state index contributed by atoms with van der Waals surface area (Å²) in [5.41, 5.74) is 15.9. The van der Waals surface area contributed by atoms with E-state index < -0.39 is 0 Å². The Balaban J connectivity index is 0. The fourth-order valence-electron chi connectivity index (χ4n) is 2.14. The van der Waals surface area contributed by atoms with Crippen LogP contribution in [0.5, 0.6) is 0 Å². The van der Waals surface area contributed by atoms with Crippen molar-refractivity contribution in [1.29, 1.82) is 0 Å². The van der Waals surface area contributed by atoms with Gasteiger partial charge in [0.1, 0.15) is 0 Å². The number of hydrogen-bond donors (Lipinski definition) is 2. The molecule has 1 aromatic carbocycles. The second-order valence-electron chi connectivity index (χ2n) is 6.02. The van der Waals surface area contributed by atoms with E-state index in [0.717, 1.165) is 12.8 Å². The van der Waals surface area contributed by atoms with Crippen LogP contribution in [-0.2, 0) is 0 Å². The van der Waals surface area contributed by atoms with Crippen LogP contribution >= 0.6 is 0 Å². The minimum atomic E-state index is 0.294. The van der Waals surface area contributed by atoms with Crippen LogP contribution in [0.2, 0.25) is 0 Å². The number of nitrogens with two attached hydrogens (primary N) is 2. The van der Waals surface area contributed by atoms with Gasteiger partial charge in [-0.25, -0.2) is 0 Å². The monoisotopic (exact) mass is 344 g/mol. The molecule has 0 aliphatic heterocycles. The Hall–Kier alpha value is -1.64. The van der Waals surface area contributed by atoms with Crippen LogP contribution in [0.25, 0.3) is 5.57 Å². The van der Waals surface area contributed by atoms with Crippen molar-refractivity contribution in [3.63, 3.8) is 0 Å². The smallest absolute Gasteiger partial charge is 0.00794 e. The number of rotatable bonds is 7. The molecule has 142 valence electrons. The van der Waals surface area contributed by atoms with Crippen LogP contribution in [0.4, 0.5) is 0 Å². The Kier molecular flexibility index (Phi) is 17.6. The van der Waals surface area contributed by atoms with Gasteiger partial charge in [-0.05, 0) is 58.7 Å². The topological polar surface area (TPSA) is 52.0 Å². The van der Waals surface area contributed by atoms with E-state index in [1.54, 1.807) is 0 Å². The summed E-state index contributed by atoms with van der Waals surface area (Å²) in [6, 6.07) is 9.00. The first-order valence-electron chi connectivity index (χ1n) is 9.29. The van der Waals surface area contributed by atoms with Crippen LogP contribution in [0.1, 0.15) is 64.5 Å². The highest BCUT2D eigenvalue weighted by molar-refractivity contribution is 5.65. The normalized spacial score (nSPS) is 12.3. The molecule has 0 saturated heterocycles. The second kappa shape index (κ2) is 17.2. The van der Waals surface area contributed by atoms with Gasteiger partial charge in [0.05, 0.1) is 0 Å². The highest BCUT2D eigenvalue weighted by Gasteiger charge is 2.07. The number of allylic oxidation sites excluding steroid dienone is 4. The van der Waals surface area contributed by atoms with Gasteiger partial charge in [-0.2, -0.15) is 0 Å². The lowest BCUT2D eigenvalue weighted by molar-refractivity contribution is 0.587. The summed E-state index contributed by atoms with van der Waals surface area (Å²) in [6.45, 7) is 14.0. The molecular formula is C23H40N2. The molecule has 0 fully saturated rings. The molecule has 0 aromatic heterocycles. The minimum Gasteiger partial charge on any atom is -0.333 e. The SMILES string of the molecule is C/C=C(\CC(N)CCCC)c1ccc(C)cc1.C=C/C(C)=C\C.CN. The Morgan fingerprint density at radius 3 is 2.04 bits per heavy atom. The second-order valence-corrected chi connectivity index (χ2v) is 6.02. The molecule has 0 aliphatic rings. The van der Waals surface area contributed by atoms with Gasteiger partial charge < -0.3 is 11.5 Å². The van der Waals surface area contributed by atoms with Gasteiger partial charge in [0.25, 0.3) is 0 Å². The standard InChI is InChI=1S/C16H25N.C6H10.CH5N/c1-4-6-7-16(17)12-14(5-2)15-10-8-13(3)9-11-15;1-4-6(3)5-2;1-2/h5,8-11,16H,4,6-7,12,17H2,1-3H3;4-5H,1H2,2-3H3;2H2,1H3/b14-5+;6-5-;. The van der Waals surface area contributed by atoms with Gasteiger partial charge in [0.15, 0.2) is 0 Å². The molecule has 0 aliphatic carbocycles. The van der Waals surface area contributed by atoms with Crippen molar-refractivity contribution in [2.75, 3.05) is 7.05 Å². The molecule has 0 radical (unpaired) electrons. The lowest BCUT2D eigenvalue weighted by Crippen LogP contribution is -2.20. The fourth-order valence-corrected chi connectivity index (χ4v) is 2.14. The molecule has 0 amide bonds. The van der Waals surface area contributed by atoms with Crippen LogP contribution in [0.3, 0.4) is 0 Å². The lowest BCUT2D eigenvalue weighted by atomic mass is 9.95. The predicted molar refractivity (Wildman–Crippen MR) is 117 cm³/mol. The van der Waals surface area contributed by atoms with E-state index in [1.807, 2.05) is 26.0 Å². The molecular weight excluding hydrogens is 304 g/mol. The van der Waals surface area contributed by atoms with Crippen LogP contribution in [0, 0.1) is 6.92 Å². The third-order valence-electron chi connectivity index (χ3n) is 3.96. The molecule has 1 rings (SSSR count). The van der Waals surface area contributed by atoms with Crippen molar-refractivity contribution in [2.45, 2.75) is 66.3 Å². The summed E-state index contributed by atoms with van der Waals surface area (Å²) in [7, 11) is 1.50. The summed E-state index contributed by atoms with van der Waals surface area (Å²) in [5, 5.41) is 0. The summed E-state index contributed by atoms with van der Waals surface area (Å²) in [4.78, 5) is 0. The maximum Gasteiger partial charge on any atom is 0.00794 e. The molecule has 4 N–H and O–H groups in total. The first kappa shape index (κ1) is 25.6. The maximum absolute atomic E-state index is 6.16. The van der Waals surface area contributed by atoms with Crippen LogP contribution in [-0.4, -0.2) is 13.1 Å². The molecule has 1 unspecified atom stereocenters. The molecule has 25 heavy (non-hydrogen) atoms. The van der Waals surface area contributed by atoms with Crippen LogP contribution in [0.15, 0.2) is 54.6 Å². The quantitative estimate of drug-likeness (QED) is 0.594. The number of benzene rings is 1. The molecule has 0 saturated carbocycles. The summed E-state index contributed by atoms with van der Waals surface area (Å²) < 4.78 is 0. The Morgan fingerprint density at radius 1 is 1.12 bits per heavy atom. The van der Waals surface area contributed by atoms with Gasteiger partial charge >= 0.3 is 0 Å². The average Bonchev–Trinajstić information content (AvgIpc) is 2.66. The molecule has 1 atom stereocenters. The average molecular weight is 345 g/mol. The van der Waals surface area contributed by atoms with Gasteiger partial charge in [-0.1, -0.05) is 80.0 Å². The predicted octanol–water partition coefficient (Wildman–Crippen LogP) is 6.02. The first-order chi connectivity index (χ1) is 12.0. The van der Waals surface area contributed by atoms with Crippen molar-refractivity contribution in [2.24, 2.45) is 11.5 Å². The summed E-state index contributed by atoms with van der Waals surface area (Å²) in [6.07, 6.45) is 10.6. The van der Waals surface area contributed by atoms with Crippen molar-refractivity contribution >= 4 is 5.57 Å². The highest BCUT2D eigenvalue weighted by atomic mass is 14.6.